The summed E-state index contributed by atoms with van der Waals surface area (Å²) in [6.45, 7) is 0.887. The van der Waals surface area contributed by atoms with E-state index < -0.39 is 0 Å². The molecule has 2 aliphatic rings. The van der Waals surface area contributed by atoms with Crippen LogP contribution in [-0.2, 0) is 4.79 Å². The minimum Gasteiger partial charge on any atom is -0.329 e. The van der Waals surface area contributed by atoms with Gasteiger partial charge in [-0.3, -0.25) is 4.79 Å². The molecule has 0 spiro atoms. The number of hydrogen-bond acceptors (Lipinski definition) is 1. The molecule has 12 heavy (non-hydrogen) atoms. The van der Waals surface area contributed by atoms with Gasteiger partial charge in [-0.15, -0.1) is 6.42 Å². The van der Waals surface area contributed by atoms with E-state index in [1.165, 1.54) is 12.8 Å². The largest absolute Gasteiger partial charge is 0.329 e. The molecule has 2 heteroatoms. The normalized spacial score (nSPS) is 33.1. The number of amides is 1. The molecule has 1 aliphatic heterocycles. The average molecular weight is 163 g/mol. The second kappa shape index (κ2) is 2.82. The highest BCUT2D eigenvalue weighted by Crippen LogP contribution is 2.37. The number of carbonyl (C=O) groups is 1. The van der Waals surface area contributed by atoms with Crippen LogP contribution >= 0.6 is 0 Å². The number of nitrogens with zero attached hydrogens (tertiary/aromatic N) is 1. The SMILES string of the molecule is C#CC(=O)N1CCC2CCCC21. The molecule has 0 radical (unpaired) electrons. The molecule has 1 amide bonds. The standard InChI is InChI=1S/C10H13NO/c1-2-10(12)11-7-6-8-4-3-5-9(8)11/h1,8-9H,3-7H2. The lowest BCUT2D eigenvalue weighted by Gasteiger charge is -2.20. The fourth-order valence-electron chi connectivity index (χ4n) is 2.57. The Bertz CT molecular complexity index is 241. The van der Waals surface area contributed by atoms with Crippen LogP contribution < -0.4 is 0 Å². The van der Waals surface area contributed by atoms with Crippen LogP contribution in [0.4, 0.5) is 0 Å². The van der Waals surface area contributed by atoms with Crippen molar-refractivity contribution in [1.29, 1.82) is 0 Å². The molecule has 2 unspecified atom stereocenters. The highest BCUT2D eigenvalue weighted by atomic mass is 16.2. The van der Waals surface area contributed by atoms with Crippen LogP contribution in [-0.4, -0.2) is 23.4 Å². The van der Waals surface area contributed by atoms with Gasteiger partial charge in [0.05, 0.1) is 0 Å². The van der Waals surface area contributed by atoms with Crippen LogP contribution in [0.1, 0.15) is 25.7 Å². The highest BCUT2D eigenvalue weighted by molar-refractivity contribution is 5.93. The number of fused-ring (bicyclic) bond motifs is 1. The van der Waals surface area contributed by atoms with Crippen LogP contribution in [0.3, 0.4) is 0 Å². The fourth-order valence-corrected chi connectivity index (χ4v) is 2.57. The Morgan fingerprint density at radius 3 is 3.00 bits per heavy atom. The zero-order chi connectivity index (χ0) is 8.55. The van der Waals surface area contributed by atoms with Gasteiger partial charge in [0.2, 0.25) is 0 Å². The molecule has 1 heterocycles. The summed E-state index contributed by atoms with van der Waals surface area (Å²) in [4.78, 5) is 13.1. The van der Waals surface area contributed by atoms with Gasteiger partial charge in [0, 0.05) is 12.6 Å². The van der Waals surface area contributed by atoms with E-state index in [1.54, 1.807) is 0 Å². The summed E-state index contributed by atoms with van der Waals surface area (Å²) < 4.78 is 0. The first-order valence-corrected chi connectivity index (χ1v) is 4.60. The molecular weight excluding hydrogens is 150 g/mol. The Morgan fingerprint density at radius 1 is 1.42 bits per heavy atom. The van der Waals surface area contributed by atoms with Crippen molar-refractivity contribution in [3.05, 3.63) is 0 Å². The van der Waals surface area contributed by atoms with E-state index in [-0.39, 0.29) is 5.91 Å². The van der Waals surface area contributed by atoms with Crippen molar-refractivity contribution in [2.24, 2.45) is 5.92 Å². The first-order valence-electron chi connectivity index (χ1n) is 4.60. The lowest BCUT2D eigenvalue weighted by molar-refractivity contribution is -0.126. The van der Waals surface area contributed by atoms with Crippen molar-refractivity contribution in [2.45, 2.75) is 31.7 Å². The van der Waals surface area contributed by atoms with Crippen LogP contribution in [0.25, 0.3) is 0 Å². The van der Waals surface area contributed by atoms with Gasteiger partial charge in [0.15, 0.2) is 0 Å². The van der Waals surface area contributed by atoms with Crippen molar-refractivity contribution in [3.8, 4) is 12.3 Å². The Hall–Kier alpha value is -0.970. The van der Waals surface area contributed by atoms with Gasteiger partial charge in [0.1, 0.15) is 0 Å². The minimum atomic E-state index is -0.107. The van der Waals surface area contributed by atoms with E-state index in [2.05, 4.69) is 5.92 Å². The lowest BCUT2D eigenvalue weighted by Crippen LogP contribution is -2.34. The number of carbonyl (C=O) groups excluding carboxylic acids is 1. The highest BCUT2D eigenvalue weighted by Gasteiger charge is 2.39. The summed E-state index contributed by atoms with van der Waals surface area (Å²) in [5.74, 6) is 2.85. The molecule has 0 aromatic carbocycles. The average Bonchev–Trinajstić information content (AvgIpc) is 2.62. The Labute approximate surface area is 72.9 Å². The first kappa shape index (κ1) is 7.67. The number of terminal acetylenes is 1. The van der Waals surface area contributed by atoms with Crippen molar-refractivity contribution in [1.82, 2.24) is 4.90 Å². The predicted octanol–water partition coefficient (Wildman–Crippen LogP) is 1.02. The predicted molar refractivity (Wildman–Crippen MR) is 46.3 cm³/mol. The molecule has 2 fully saturated rings. The van der Waals surface area contributed by atoms with Crippen molar-refractivity contribution < 1.29 is 4.79 Å². The second-order valence-electron chi connectivity index (χ2n) is 3.69. The smallest absolute Gasteiger partial charge is 0.298 e. The van der Waals surface area contributed by atoms with Crippen LogP contribution in [0.15, 0.2) is 0 Å². The summed E-state index contributed by atoms with van der Waals surface area (Å²) in [6.07, 6.45) is 9.98. The monoisotopic (exact) mass is 163 g/mol. The third-order valence-corrected chi connectivity index (χ3v) is 3.14. The van der Waals surface area contributed by atoms with E-state index in [1.807, 2.05) is 4.90 Å². The quantitative estimate of drug-likeness (QED) is 0.488. The van der Waals surface area contributed by atoms with Crippen LogP contribution in [0, 0.1) is 18.3 Å². The number of likely N-dealkylation sites (tertiary alicyclic amines) is 1. The van der Waals surface area contributed by atoms with Gasteiger partial charge in [-0.1, -0.05) is 6.42 Å². The van der Waals surface area contributed by atoms with Crippen LogP contribution in [0.5, 0.6) is 0 Å². The molecule has 64 valence electrons. The molecule has 1 saturated carbocycles. The lowest BCUT2D eigenvalue weighted by atomic mass is 10.1. The summed E-state index contributed by atoms with van der Waals surface area (Å²) in [5.41, 5.74) is 0. The minimum absolute atomic E-state index is 0.107. The topological polar surface area (TPSA) is 20.3 Å². The van der Waals surface area contributed by atoms with Crippen molar-refractivity contribution in [2.75, 3.05) is 6.54 Å². The number of rotatable bonds is 0. The maximum Gasteiger partial charge on any atom is 0.298 e. The molecule has 0 aromatic heterocycles. The molecule has 2 atom stereocenters. The maximum atomic E-state index is 11.2. The van der Waals surface area contributed by atoms with E-state index in [9.17, 15) is 4.79 Å². The second-order valence-corrected chi connectivity index (χ2v) is 3.69. The molecule has 2 nitrogen and oxygen atoms in total. The zero-order valence-electron chi connectivity index (χ0n) is 7.12. The first-order chi connectivity index (χ1) is 5.83. The maximum absolute atomic E-state index is 11.2. The summed E-state index contributed by atoms with van der Waals surface area (Å²) in [6, 6.07) is 0.480. The van der Waals surface area contributed by atoms with E-state index >= 15 is 0 Å². The number of hydrogen-bond donors (Lipinski definition) is 0. The molecule has 1 aliphatic carbocycles. The van der Waals surface area contributed by atoms with Crippen LogP contribution in [0.2, 0.25) is 0 Å². The Balaban J connectivity index is 2.10. The van der Waals surface area contributed by atoms with Gasteiger partial charge >= 0.3 is 0 Å². The molecule has 0 N–H and O–H groups in total. The summed E-state index contributed by atoms with van der Waals surface area (Å²) >= 11 is 0. The Kier molecular flexibility index (Phi) is 1.80. The molecule has 1 saturated heterocycles. The summed E-state index contributed by atoms with van der Waals surface area (Å²) in [5, 5.41) is 0. The van der Waals surface area contributed by atoms with Gasteiger partial charge in [-0.05, 0) is 31.1 Å². The van der Waals surface area contributed by atoms with Gasteiger partial charge in [-0.25, -0.2) is 0 Å². The van der Waals surface area contributed by atoms with E-state index in [0.717, 1.165) is 25.3 Å². The van der Waals surface area contributed by atoms with E-state index in [4.69, 9.17) is 6.42 Å². The third kappa shape index (κ3) is 1.01. The fraction of sp³-hybridized carbons (Fsp3) is 0.700. The van der Waals surface area contributed by atoms with Gasteiger partial charge in [-0.2, -0.15) is 0 Å². The Morgan fingerprint density at radius 2 is 2.25 bits per heavy atom. The molecule has 2 rings (SSSR count). The van der Waals surface area contributed by atoms with Gasteiger partial charge < -0.3 is 4.90 Å². The molecule has 0 bridgehead atoms. The summed E-state index contributed by atoms with van der Waals surface area (Å²) in [7, 11) is 0. The molecule has 0 aromatic rings. The third-order valence-electron chi connectivity index (χ3n) is 3.14. The molecular formula is C10H13NO. The van der Waals surface area contributed by atoms with Gasteiger partial charge in [0.25, 0.3) is 5.91 Å². The zero-order valence-corrected chi connectivity index (χ0v) is 7.12. The van der Waals surface area contributed by atoms with Crippen molar-refractivity contribution >= 4 is 5.91 Å². The van der Waals surface area contributed by atoms with E-state index in [0.29, 0.717) is 6.04 Å². The van der Waals surface area contributed by atoms with Crippen molar-refractivity contribution in [3.63, 3.8) is 0 Å².